The van der Waals surface area contributed by atoms with Crippen molar-refractivity contribution in [2.45, 2.75) is 148 Å². The van der Waals surface area contributed by atoms with E-state index in [2.05, 4.69) is 32.1 Å². The minimum absolute atomic E-state index is 0.0510. The standard InChI is InChI=1S/C40H69NO7/c1-6-8-10-12-14-16-17-18-19-20-21-23-25-27-29-31-39(43)48-36(34-46-33-32-37(40(44)45)41(3,4)5)35-47-38(42)30-28-26-24-22-15-13-11-9-7-2/h8,10,12,14,16-19,36-37H,6-7,9,11,13,15,20-35H2,1-5H3/p+1/b10-8+,14-12+,17-16+,19-18+. The number of rotatable bonds is 32. The molecule has 0 aliphatic rings. The second-order valence-corrected chi connectivity index (χ2v) is 13.5. The van der Waals surface area contributed by atoms with Crippen molar-refractivity contribution in [3.05, 3.63) is 48.6 Å². The largest absolute Gasteiger partial charge is 0.477 e. The Kier molecular flexibility index (Phi) is 29.8. The molecule has 0 aromatic heterocycles. The lowest BCUT2D eigenvalue weighted by Crippen LogP contribution is -2.50. The molecule has 0 amide bonds. The average Bonchev–Trinajstić information content (AvgIpc) is 3.03. The van der Waals surface area contributed by atoms with E-state index in [-0.39, 0.29) is 36.2 Å². The van der Waals surface area contributed by atoms with Crippen molar-refractivity contribution in [3.63, 3.8) is 0 Å². The summed E-state index contributed by atoms with van der Waals surface area (Å²) in [5.74, 6) is -1.51. The van der Waals surface area contributed by atoms with Gasteiger partial charge in [0.2, 0.25) is 0 Å². The van der Waals surface area contributed by atoms with Crippen molar-refractivity contribution in [3.8, 4) is 0 Å². The molecule has 276 valence electrons. The van der Waals surface area contributed by atoms with Crippen molar-refractivity contribution in [2.75, 3.05) is 41.0 Å². The Morgan fingerprint density at radius 1 is 0.646 bits per heavy atom. The van der Waals surface area contributed by atoms with Crippen molar-refractivity contribution < 1.29 is 38.2 Å². The van der Waals surface area contributed by atoms with Crippen LogP contribution >= 0.6 is 0 Å². The Morgan fingerprint density at radius 2 is 1.17 bits per heavy atom. The molecule has 48 heavy (non-hydrogen) atoms. The van der Waals surface area contributed by atoms with Gasteiger partial charge in [-0.3, -0.25) is 9.59 Å². The molecule has 0 radical (unpaired) electrons. The summed E-state index contributed by atoms with van der Waals surface area (Å²) < 4.78 is 17.1. The van der Waals surface area contributed by atoms with Gasteiger partial charge in [-0.15, -0.1) is 0 Å². The van der Waals surface area contributed by atoms with E-state index in [0.717, 1.165) is 64.2 Å². The molecule has 0 bridgehead atoms. The quantitative estimate of drug-likeness (QED) is 0.0328. The Morgan fingerprint density at radius 3 is 1.73 bits per heavy atom. The number of nitrogens with zero attached hydrogens (tertiary/aromatic N) is 1. The number of likely N-dealkylation sites (N-methyl/N-ethyl adjacent to an activating group) is 1. The Hall–Kier alpha value is -2.71. The summed E-state index contributed by atoms with van der Waals surface area (Å²) in [6, 6.07) is -0.617. The number of esters is 2. The van der Waals surface area contributed by atoms with Gasteiger partial charge in [-0.05, 0) is 32.1 Å². The molecule has 2 atom stereocenters. The van der Waals surface area contributed by atoms with Crippen LogP contribution in [0.1, 0.15) is 136 Å². The van der Waals surface area contributed by atoms with E-state index in [4.69, 9.17) is 14.2 Å². The summed E-state index contributed by atoms with van der Waals surface area (Å²) in [5, 5.41) is 9.57. The Bertz CT molecular complexity index is 932. The fraction of sp³-hybridized carbons (Fsp3) is 0.725. The highest BCUT2D eigenvalue weighted by molar-refractivity contribution is 5.72. The van der Waals surface area contributed by atoms with E-state index >= 15 is 0 Å². The molecular weight excluding hydrogens is 606 g/mol. The van der Waals surface area contributed by atoms with Crippen LogP contribution in [0.5, 0.6) is 0 Å². The second-order valence-electron chi connectivity index (χ2n) is 13.5. The van der Waals surface area contributed by atoms with Gasteiger partial charge in [0, 0.05) is 19.3 Å². The molecule has 0 saturated heterocycles. The zero-order valence-corrected chi connectivity index (χ0v) is 31.2. The summed E-state index contributed by atoms with van der Waals surface area (Å²) in [5.41, 5.74) is 0. The molecular formula is C40H70NO7+. The molecule has 0 rings (SSSR count). The van der Waals surface area contributed by atoms with Crippen LogP contribution in [0.4, 0.5) is 0 Å². The minimum Gasteiger partial charge on any atom is -0.477 e. The number of carbonyl (C=O) groups is 3. The molecule has 0 aromatic carbocycles. The van der Waals surface area contributed by atoms with E-state index < -0.39 is 18.1 Å². The van der Waals surface area contributed by atoms with Crippen LogP contribution in [-0.2, 0) is 28.6 Å². The average molecular weight is 677 g/mol. The molecule has 0 aromatic rings. The first kappa shape index (κ1) is 45.3. The van der Waals surface area contributed by atoms with Gasteiger partial charge in [-0.2, -0.15) is 0 Å². The van der Waals surface area contributed by atoms with Gasteiger partial charge in [0.05, 0.1) is 34.4 Å². The fourth-order valence-electron chi connectivity index (χ4n) is 5.16. The number of unbranched alkanes of at least 4 members (excludes halogenated alkanes) is 13. The number of carboxylic acid groups (broad SMARTS) is 1. The van der Waals surface area contributed by atoms with E-state index in [0.29, 0.717) is 19.3 Å². The zero-order chi connectivity index (χ0) is 35.7. The van der Waals surface area contributed by atoms with E-state index in [1.54, 1.807) is 0 Å². The first-order chi connectivity index (χ1) is 23.1. The fourth-order valence-corrected chi connectivity index (χ4v) is 5.16. The lowest BCUT2D eigenvalue weighted by Gasteiger charge is -2.31. The van der Waals surface area contributed by atoms with Gasteiger partial charge in [0.15, 0.2) is 12.1 Å². The molecule has 2 unspecified atom stereocenters. The summed E-state index contributed by atoms with van der Waals surface area (Å²) in [6.07, 6.45) is 34.4. The Labute approximate surface area is 293 Å². The van der Waals surface area contributed by atoms with Gasteiger partial charge < -0.3 is 23.8 Å². The molecule has 0 heterocycles. The number of aliphatic carboxylic acids is 1. The van der Waals surface area contributed by atoms with E-state index in [9.17, 15) is 19.5 Å². The number of hydrogen-bond donors (Lipinski definition) is 1. The predicted octanol–water partition coefficient (Wildman–Crippen LogP) is 9.29. The third-order valence-corrected chi connectivity index (χ3v) is 8.09. The molecule has 1 N–H and O–H groups in total. The highest BCUT2D eigenvalue weighted by Gasteiger charge is 2.31. The highest BCUT2D eigenvalue weighted by Crippen LogP contribution is 2.13. The van der Waals surface area contributed by atoms with Crippen LogP contribution in [-0.4, -0.2) is 80.6 Å². The van der Waals surface area contributed by atoms with Crippen LogP contribution in [0.3, 0.4) is 0 Å². The predicted molar refractivity (Wildman–Crippen MR) is 197 cm³/mol. The molecule has 0 aliphatic carbocycles. The van der Waals surface area contributed by atoms with Gasteiger partial charge in [0.25, 0.3) is 0 Å². The van der Waals surface area contributed by atoms with Crippen LogP contribution in [0.25, 0.3) is 0 Å². The Balaban J connectivity index is 4.48. The van der Waals surface area contributed by atoms with E-state index in [1.165, 1.54) is 38.5 Å². The molecule has 8 heteroatoms. The maximum Gasteiger partial charge on any atom is 0.362 e. The van der Waals surface area contributed by atoms with Gasteiger partial charge in [0.1, 0.15) is 6.61 Å². The number of carbonyl (C=O) groups excluding carboxylic acids is 2. The molecule has 0 saturated carbocycles. The van der Waals surface area contributed by atoms with Crippen LogP contribution in [0.15, 0.2) is 48.6 Å². The molecule has 0 spiro atoms. The number of hydrogen-bond acceptors (Lipinski definition) is 6. The third kappa shape index (κ3) is 29.4. The number of ether oxygens (including phenoxy) is 3. The first-order valence-corrected chi connectivity index (χ1v) is 18.7. The lowest BCUT2D eigenvalue weighted by atomic mass is 10.1. The third-order valence-electron chi connectivity index (χ3n) is 8.09. The maximum atomic E-state index is 12.6. The normalized spacial score (nSPS) is 13.6. The molecule has 0 aliphatic heterocycles. The topological polar surface area (TPSA) is 99.1 Å². The van der Waals surface area contributed by atoms with Gasteiger partial charge in [-0.25, -0.2) is 4.79 Å². The van der Waals surface area contributed by atoms with Crippen molar-refractivity contribution in [1.82, 2.24) is 0 Å². The van der Waals surface area contributed by atoms with Crippen LogP contribution in [0.2, 0.25) is 0 Å². The summed E-state index contributed by atoms with van der Waals surface area (Å²) in [6.45, 7) is 4.53. The van der Waals surface area contributed by atoms with Crippen molar-refractivity contribution in [1.29, 1.82) is 0 Å². The summed E-state index contributed by atoms with van der Waals surface area (Å²) >= 11 is 0. The number of carboxylic acids is 1. The van der Waals surface area contributed by atoms with E-state index in [1.807, 2.05) is 51.5 Å². The summed E-state index contributed by atoms with van der Waals surface area (Å²) in [7, 11) is 5.50. The molecule has 8 nitrogen and oxygen atoms in total. The first-order valence-electron chi connectivity index (χ1n) is 18.7. The van der Waals surface area contributed by atoms with Crippen LogP contribution in [0, 0.1) is 0 Å². The highest BCUT2D eigenvalue weighted by atomic mass is 16.6. The molecule has 0 fully saturated rings. The number of allylic oxidation sites excluding steroid dienone is 8. The lowest BCUT2D eigenvalue weighted by molar-refractivity contribution is -0.887. The van der Waals surface area contributed by atoms with Gasteiger partial charge in [-0.1, -0.05) is 133 Å². The van der Waals surface area contributed by atoms with Gasteiger partial charge >= 0.3 is 17.9 Å². The smallest absolute Gasteiger partial charge is 0.362 e. The monoisotopic (exact) mass is 677 g/mol. The summed E-state index contributed by atoms with van der Waals surface area (Å²) in [4.78, 5) is 36.7. The number of quaternary nitrogens is 1. The minimum atomic E-state index is -0.882. The maximum absolute atomic E-state index is 12.6. The van der Waals surface area contributed by atoms with Crippen molar-refractivity contribution >= 4 is 17.9 Å². The SMILES string of the molecule is CC/C=C/C=C/C=C/C=C/CCCCCCCC(=O)OC(COCCC(C(=O)O)[N+](C)(C)C)COC(=O)CCCCCCCCCCC. The second kappa shape index (κ2) is 31.6. The van der Waals surface area contributed by atoms with Crippen LogP contribution < -0.4 is 0 Å². The van der Waals surface area contributed by atoms with Crippen molar-refractivity contribution in [2.24, 2.45) is 0 Å². The zero-order valence-electron chi connectivity index (χ0n) is 31.2.